The third-order valence-corrected chi connectivity index (χ3v) is 3.59. The molecule has 90 valence electrons. The van der Waals surface area contributed by atoms with Gasteiger partial charge in [-0.05, 0) is 6.92 Å². The Hall–Kier alpha value is -0.790. The number of rotatable bonds is 6. The molecule has 0 aromatic rings. The van der Waals surface area contributed by atoms with Gasteiger partial charge in [0.05, 0.1) is 29.8 Å². The van der Waals surface area contributed by atoms with Crippen LogP contribution >= 0.6 is 10.6 Å². The minimum atomic E-state index is -2.86. The molecule has 1 atom stereocenters. The molecule has 0 aliphatic heterocycles. The average molecular weight is 238 g/mol. The molecule has 0 aromatic heterocycles. The van der Waals surface area contributed by atoms with Crippen LogP contribution in [0.3, 0.4) is 0 Å². The summed E-state index contributed by atoms with van der Waals surface area (Å²) in [6.45, 7) is 3.25. The van der Waals surface area contributed by atoms with Crippen molar-refractivity contribution in [3.63, 3.8) is 0 Å². The van der Waals surface area contributed by atoms with Gasteiger partial charge in [-0.2, -0.15) is 10.6 Å². The molecule has 0 fully saturated rings. The number of aliphatic imine (C=N–C) groups is 1. The highest BCUT2D eigenvalue weighted by Crippen LogP contribution is 2.40. The van der Waals surface area contributed by atoms with E-state index in [1.807, 2.05) is 0 Å². The second-order valence-electron chi connectivity index (χ2n) is 3.44. The van der Waals surface area contributed by atoms with E-state index in [0.717, 1.165) is 0 Å². The molecule has 0 saturated carbocycles. The molecule has 15 heavy (non-hydrogen) atoms. The van der Waals surface area contributed by atoms with Gasteiger partial charge in [0.1, 0.15) is 0 Å². The van der Waals surface area contributed by atoms with Crippen LogP contribution in [0.5, 0.6) is 0 Å². The van der Waals surface area contributed by atoms with E-state index in [1.165, 1.54) is 6.92 Å². The number of nitrogens with zero attached hydrogens (tertiary/aromatic N) is 1. The molecule has 0 aliphatic rings. The van der Waals surface area contributed by atoms with E-state index in [4.69, 9.17) is 10.8 Å². The largest absolute Gasteiger partial charge is 0.481 e. The van der Waals surface area contributed by atoms with Gasteiger partial charge in [0.15, 0.2) is 0 Å². The minimum Gasteiger partial charge on any atom is -0.481 e. The molecular formula is C8H18N2O4S. The highest BCUT2D eigenvalue weighted by molar-refractivity contribution is 8.24. The van der Waals surface area contributed by atoms with E-state index in [9.17, 15) is 13.9 Å². The maximum atomic E-state index is 10.5. The zero-order chi connectivity index (χ0) is 12.1. The van der Waals surface area contributed by atoms with Crippen LogP contribution in [0.1, 0.15) is 13.8 Å². The number of carbonyl (C=O) groups is 1. The Morgan fingerprint density at radius 2 is 2.07 bits per heavy atom. The summed E-state index contributed by atoms with van der Waals surface area (Å²) in [5, 5.41) is 8.60. The van der Waals surface area contributed by atoms with Crippen molar-refractivity contribution in [2.45, 2.75) is 13.8 Å². The molecule has 6 nitrogen and oxygen atoms in total. The first-order valence-corrected chi connectivity index (χ1v) is 6.36. The first-order valence-electron chi connectivity index (χ1n) is 4.47. The Morgan fingerprint density at radius 1 is 1.53 bits per heavy atom. The van der Waals surface area contributed by atoms with E-state index in [1.54, 1.807) is 6.92 Å². The summed E-state index contributed by atoms with van der Waals surface area (Å²) in [5.74, 6) is -1.51. The molecule has 7 heteroatoms. The highest BCUT2D eigenvalue weighted by Gasteiger charge is 2.21. The van der Waals surface area contributed by atoms with Crippen LogP contribution < -0.4 is 5.73 Å². The summed E-state index contributed by atoms with van der Waals surface area (Å²) >= 11 is 0. The second kappa shape index (κ2) is 5.94. The standard InChI is InChI=1S/C8H18N2O4S/c1-6(8(11)12)5-15(13,14)4-3-10-7(2)9/h6,13-14H,3-5H2,1-2H3,(H2,9,10)(H,11,12). The van der Waals surface area contributed by atoms with Crippen molar-refractivity contribution in [1.82, 2.24) is 0 Å². The van der Waals surface area contributed by atoms with Gasteiger partial charge in [-0.1, -0.05) is 6.92 Å². The number of hydrogen-bond acceptors (Lipinski definition) is 4. The lowest BCUT2D eigenvalue weighted by Gasteiger charge is -2.32. The first kappa shape index (κ1) is 14.2. The third-order valence-electron chi connectivity index (χ3n) is 1.72. The summed E-state index contributed by atoms with van der Waals surface area (Å²) in [5.41, 5.74) is 5.27. The smallest absolute Gasteiger partial charge is 0.307 e. The van der Waals surface area contributed by atoms with Gasteiger partial charge in [0, 0.05) is 0 Å². The SMILES string of the molecule is CC(N)=NCCS(O)(O)CC(C)C(=O)O. The number of carboxylic acids is 1. The van der Waals surface area contributed by atoms with Crippen molar-refractivity contribution in [2.24, 2.45) is 16.6 Å². The van der Waals surface area contributed by atoms with Crippen LogP contribution in [0.15, 0.2) is 4.99 Å². The Labute approximate surface area is 90.6 Å². The predicted molar refractivity (Wildman–Crippen MR) is 61.5 cm³/mol. The maximum absolute atomic E-state index is 10.5. The van der Waals surface area contributed by atoms with Crippen LogP contribution in [-0.2, 0) is 4.79 Å². The summed E-state index contributed by atoms with van der Waals surface area (Å²) in [6.07, 6.45) is 0. The fourth-order valence-electron chi connectivity index (χ4n) is 0.923. The third kappa shape index (κ3) is 7.18. The van der Waals surface area contributed by atoms with Gasteiger partial charge in [-0.25, -0.2) is 0 Å². The lowest BCUT2D eigenvalue weighted by atomic mass is 10.2. The van der Waals surface area contributed by atoms with Crippen LogP contribution in [0.25, 0.3) is 0 Å². The Kier molecular flexibility index (Phi) is 5.63. The van der Waals surface area contributed by atoms with Crippen LogP contribution in [-0.4, -0.2) is 44.1 Å². The number of aliphatic carboxylic acids is 1. The van der Waals surface area contributed by atoms with Gasteiger partial charge in [-0.3, -0.25) is 18.9 Å². The predicted octanol–water partition coefficient (Wildman–Crippen LogP) is 0.835. The quantitative estimate of drug-likeness (QED) is 0.404. The Bertz CT molecular complexity index is 251. The number of hydrogen-bond donors (Lipinski definition) is 4. The average Bonchev–Trinajstić information content (AvgIpc) is 2.01. The topological polar surface area (TPSA) is 116 Å². The molecule has 0 bridgehead atoms. The maximum Gasteiger partial charge on any atom is 0.307 e. The minimum absolute atomic E-state index is 0.0547. The van der Waals surface area contributed by atoms with Crippen molar-refractivity contribution in [1.29, 1.82) is 0 Å². The Morgan fingerprint density at radius 3 is 2.47 bits per heavy atom. The second-order valence-corrected chi connectivity index (χ2v) is 5.78. The van der Waals surface area contributed by atoms with E-state index < -0.39 is 22.5 Å². The van der Waals surface area contributed by atoms with Gasteiger partial charge < -0.3 is 10.8 Å². The lowest BCUT2D eigenvalue weighted by molar-refractivity contribution is -0.140. The lowest BCUT2D eigenvalue weighted by Crippen LogP contribution is -2.21. The monoisotopic (exact) mass is 238 g/mol. The molecule has 0 amide bonds. The van der Waals surface area contributed by atoms with Crippen molar-refractivity contribution in [2.75, 3.05) is 18.1 Å². The van der Waals surface area contributed by atoms with Crippen molar-refractivity contribution in [3.05, 3.63) is 0 Å². The number of amidine groups is 1. The Balaban J connectivity index is 4.07. The highest BCUT2D eigenvalue weighted by atomic mass is 32.3. The normalized spacial score (nSPS) is 16.1. The molecule has 5 N–H and O–H groups in total. The van der Waals surface area contributed by atoms with Crippen LogP contribution in [0, 0.1) is 5.92 Å². The summed E-state index contributed by atoms with van der Waals surface area (Å²) < 4.78 is 19.0. The van der Waals surface area contributed by atoms with Gasteiger partial charge in [0.25, 0.3) is 0 Å². The van der Waals surface area contributed by atoms with Crippen LogP contribution in [0.4, 0.5) is 0 Å². The van der Waals surface area contributed by atoms with Crippen molar-refractivity contribution < 1.29 is 19.0 Å². The molecule has 0 aromatic carbocycles. The summed E-state index contributed by atoms with van der Waals surface area (Å²) in [6, 6.07) is 0. The molecule has 0 saturated heterocycles. The van der Waals surface area contributed by atoms with E-state index in [-0.39, 0.29) is 18.1 Å². The molecule has 0 radical (unpaired) electrons. The van der Waals surface area contributed by atoms with Crippen LogP contribution in [0.2, 0.25) is 0 Å². The van der Waals surface area contributed by atoms with Crippen molar-refractivity contribution in [3.8, 4) is 0 Å². The molecule has 0 rings (SSSR count). The van der Waals surface area contributed by atoms with Gasteiger partial charge in [-0.15, -0.1) is 0 Å². The van der Waals surface area contributed by atoms with Crippen molar-refractivity contribution >= 4 is 22.4 Å². The summed E-state index contributed by atoms with van der Waals surface area (Å²) in [7, 11) is -2.86. The first-order chi connectivity index (χ1) is 6.74. The molecular weight excluding hydrogens is 220 g/mol. The number of carboxylic acid groups (broad SMARTS) is 1. The van der Waals surface area contributed by atoms with E-state index in [2.05, 4.69) is 4.99 Å². The zero-order valence-corrected chi connectivity index (χ0v) is 9.70. The van der Waals surface area contributed by atoms with Gasteiger partial charge in [0.2, 0.25) is 0 Å². The molecule has 0 spiro atoms. The number of nitrogens with two attached hydrogens (primary N) is 1. The van der Waals surface area contributed by atoms with Gasteiger partial charge >= 0.3 is 5.97 Å². The summed E-state index contributed by atoms with van der Waals surface area (Å²) in [4.78, 5) is 14.3. The fraction of sp³-hybridized carbons (Fsp3) is 0.750. The van der Waals surface area contributed by atoms with E-state index >= 15 is 0 Å². The molecule has 0 heterocycles. The molecule has 0 aliphatic carbocycles. The fourth-order valence-corrected chi connectivity index (χ4v) is 2.42. The van der Waals surface area contributed by atoms with E-state index in [0.29, 0.717) is 5.84 Å². The zero-order valence-electron chi connectivity index (χ0n) is 8.88. The molecule has 1 unspecified atom stereocenters.